The maximum Gasteiger partial charge on any atom is 0.342 e. The molecular formula is C21H21N3O3. The number of primary amides is 1. The predicted molar refractivity (Wildman–Crippen MR) is 103 cm³/mol. The third-order valence-electron chi connectivity index (χ3n) is 4.28. The Labute approximate surface area is 157 Å². The third-order valence-corrected chi connectivity index (χ3v) is 4.28. The molecule has 6 heteroatoms. The van der Waals surface area contributed by atoms with E-state index in [9.17, 15) is 9.59 Å². The number of ether oxygens (including phenoxy) is 1. The summed E-state index contributed by atoms with van der Waals surface area (Å²) in [5, 5.41) is 4.61. The second-order valence-corrected chi connectivity index (χ2v) is 6.44. The van der Waals surface area contributed by atoms with E-state index in [1.54, 1.807) is 10.9 Å². The molecule has 3 aromatic rings. The van der Waals surface area contributed by atoms with Crippen molar-refractivity contribution in [2.24, 2.45) is 5.73 Å². The molecule has 1 aromatic heterocycles. The van der Waals surface area contributed by atoms with Crippen LogP contribution in [0.3, 0.4) is 0 Å². The van der Waals surface area contributed by atoms with Crippen LogP contribution in [-0.4, -0.2) is 27.8 Å². The Bertz CT molecular complexity index is 993. The third kappa shape index (κ3) is 3.89. The molecule has 2 aromatic carbocycles. The fourth-order valence-electron chi connectivity index (χ4n) is 2.80. The minimum Gasteiger partial charge on any atom is -0.449 e. The van der Waals surface area contributed by atoms with Gasteiger partial charge in [-0.05, 0) is 38.5 Å². The van der Waals surface area contributed by atoms with E-state index in [2.05, 4.69) is 5.10 Å². The first-order valence-corrected chi connectivity index (χ1v) is 8.60. The number of aryl methyl sites for hydroxylation is 2. The van der Waals surface area contributed by atoms with Gasteiger partial charge in [0.15, 0.2) is 6.10 Å². The van der Waals surface area contributed by atoms with Crippen molar-refractivity contribution in [1.82, 2.24) is 9.78 Å². The van der Waals surface area contributed by atoms with Gasteiger partial charge < -0.3 is 10.5 Å². The summed E-state index contributed by atoms with van der Waals surface area (Å²) in [6.45, 7) is 5.41. The number of nitrogens with zero attached hydrogens (tertiary/aromatic N) is 2. The lowest BCUT2D eigenvalue weighted by Crippen LogP contribution is -2.30. The Balaban J connectivity index is 2.11. The molecule has 27 heavy (non-hydrogen) atoms. The van der Waals surface area contributed by atoms with Crippen LogP contribution in [0.15, 0.2) is 54.7 Å². The number of hydrogen-bond donors (Lipinski definition) is 1. The number of amides is 1. The Hall–Kier alpha value is -3.41. The summed E-state index contributed by atoms with van der Waals surface area (Å²) in [4.78, 5) is 24.0. The fourth-order valence-corrected chi connectivity index (χ4v) is 2.80. The molecule has 1 atom stereocenters. The number of carbonyl (C=O) groups is 2. The Morgan fingerprint density at radius 2 is 1.81 bits per heavy atom. The Morgan fingerprint density at radius 3 is 2.44 bits per heavy atom. The molecule has 1 amide bonds. The molecule has 0 aliphatic heterocycles. The predicted octanol–water partition coefficient (Wildman–Crippen LogP) is 3.19. The molecule has 0 aliphatic carbocycles. The molecule has 6 nitrogen and oxygen atoms in total. The first-order chi connectivity index (χ1) is 12.9. The summed E-state index contributed by atoms with van der Waals surface area (Å²) in [5.41, 5.74) is 9.73. The van der Waals surface area contributed by atoms with Gasteiger partial charge in [0.1, 0.15) is 11.3 Å². The molecule has 3 rings (SSSR count). The zero-order valence-electron chi connectivity index (χ0n) is 15.5. The van der Waals surface area contributed by atoms with Crippen LogP contribution in [0.2, 0.25) is 0 Å². The molecule has 0 unspecified atom stereocenters. The van der Waals surface area contributed by atoms with Crippen molar-refractivity contribution >= 4 is 11.9 Å². The highest BCUT2D eigenvalue weighted by molar-refractivity contribution is 5.98. The van der Waals surface area contributed by atoms with Crippen molar-refractivity contribution in [2.45, 2.75) is 26.9 Å². The van der Waals surface area contributed by atoms with Crippen molar-refractivity contribution in [1.29, 1.82) is 0 Å². The molecule has 0 fully saturated rings. The highest BCUT2D eigenvalue weighted by Gasteiger charge is 2.24. The lowest BCUT2D eigenvalue weighted by Gasteiger charge is -2.10. The number of nitrogens with two attached hydrogens (primary N) is 1. The van der Waals surface area contributed by atoms with Crippen LogP contribution < -0.4 is 5.73 Å². The first-order valence-electron chi connectivity index (χ1n) is 8.60. The van der Waals surface area contributed by atoms with Gasteiger partial charge in [0, 0.05) is 11.8 Å². The number of rotatable bonds is 5. The molecule has 0 aliphatic rings. The smallest absolute Gasteiger partial charge is 0.342 e. The first kappa shape index (κ1) is 18.4. The van der Waals surface area contributed by atoms with E-state index >= 15 is 0 Å². The number of esters is 1. The molecule has 0 spiro atoms. The van der Waals surface area contributed by atoms with Crippen molar-refractivity contribution in [3.05, 3.63) is 71.4 Å². The molecule has 0 radical (unpaired) electrons. The van der Waals surface area contributed by atoms with Crippen LogP contribution in [-0.2, 0) is 9.53 Å². The van der Waals surface area contributed by atoms with Gasteiger partial charge in [-0.25, -0.2) is 9.48 Å². The average Bonchev–Trinajstić information content (AvgIpc) is 3.07. The zero-order chi connectivity index (χ0) is 19.6. The molecule has 0 saturated heterocycles. The molecule has 0 bridgehead atoms. The van der Waals surface area contributed by atoms with Gasteiger partial charge in [-0.15, -0.1) is 0 Å². The summed E-state index contributed by atoms with van der Waals surface area (Å²) >= 11 is 0. The van der Waals surface area contributed by atoms with Crippen LogP contribution in [0.1, 0.15) is 28.4 Å². The normalized spacial score (nSPS) is 11.8. The summed E-state index contributed by atoms with van der Waals surface area (Å²) in [6.07, 6.45) is 0.588. The molecule has 1 heterocycles. The van der Waals surface area contributed by atoms with Crippen LogP contribution in [0, 0.1) is 13.8 Å². The van der Waals surface area contributed by atoms with Gasteiger partial charge in [0.25, 0.3) is 5.91 Å². The van der Waals surface area contributed by atoms with Gasteiger partial charge in [0.05, 0.1) is 5.69 Å². The van der Waals surface area contributed by atoms with Gasteiger partial charge in [0.2, 0.25) is 0 Å². The maximum atomic E-state index is 12.7. The van der Waals surface area contributed by atoms with Crippen molar-refractivity contribution < 1.29 is 14.3 Å². The van der Waals surface area contributed by atoms with E-state index in [4.69, 9.17) is 10.5 Å². The maximum absolute atomic E-state index is 12.7. The SMILES string of the molecule is Cc1ccc(-c2nn(-c3ccccc3)cc2C(=O)O[C@@H](C)C(N)=O)c(C)c1. The standard InChI is InChI=1S/C21H21N3O3/c1-13-9-10-17(14(2)11-13)19-18(21(26)27-15(3)20(22)25)12-24(23-19)16-7-5-4-6-8-16/h4-12,15H,1-3H3,(H2,22,25)/t15-/m0/s1. The fraction of sp³-hybridized carbons (Fsp3) is 0.190. The van der Waals surface area contributed by atoms with Gasteiger partial charge in [-0.2, -0.15) is 5.10 Å². The number of para-hydroxylation sites is 1. The highest BCUT2D eigenvalue weighted by Crippen LogP contribution is 2.28. The number of carbonyl (C=O) groups excluding carboxylic acids is 2. The number of benzene rings is 2. The summed E-state index contributed by atoms with van der Waals surface area (Å²) < 4.78 is 6.83. The van der Waals surface area contributed by atoms with Gasteiger partial charge in [-0.1, -0.05) is 42.0 Å². The summed E-state index contributed by atoms with van der Waals surface area (Å²) in [6, 6.07) is 15.4. The summed E-state index contributed by atoms with van der Waals surface area (Å²) in [5.74, 6) is -1.34. The van der Waals surface area contributed by atoms with E-state index in [-0.39, 0.29) is 5.56 Å². The van der Waals surface area contributed by atoms with Crippen LogP contribution in [0.25, 0.3) is 16.9 Å². The van der Waals surface area contributed by atoms with Crippen molar-refractivity contribution in [2.75, 3.05) is 0 Å². The van der Waals surface area contributed by atoms with E-state index < -0.39 is 18.0 Å². The molecule has 0 saturated carbocycles. The van der Waals surface area contributed by atoms with Crippen molar-refractivity contribution in [3.63, 3.8) is 0 Å². The molecule has 2 N–H and O–H groups in total. The lowest BCUT2D eigenvalue weighted by atomic mass is 10.0. The Kier molecular flexibility index (Phi) is 5.07. The second-order valence-electron chi connectivity index (χ2n) is 6.44. The lowest BCUT2D eigenvalue weighted by molar-refractivity contribution is -0.125. The van der Waals surface area contributed by atoms with Crippen LogP contribution >= 0.6 is 0 Å². The topological polar surface area (TPSA) is 87.2 Å². The minimum atomic E-state index is -1.02. The van der Waals surface area contributed by atoms with Crippen LogP contribution in [0.5, 0.6) is 0 Å². The highest BCUT2D eigenvalue weighted by atomic mass is 16.5. The van der Waals surface area contributed by atoms with Gasteiger partial charge in [-0.3, -0.25) is 4.79 Å². The monoisotopic (exact) mass is 363 g/mol. The van der Waals surface area contributed by atoms with E-state index in [0.29, 0.717) is 5.69 Å². The molecule has 138 valence electrons. The van der Waals surface area contributed by atoms with E-state index in [0.717, 1.165) is 22.4 Å². The molecular weight excluding hydrogens is 342 g/mol. The van der Waals surface area contributed by atoms with Gasteiger partial charge >= 0.3 is 5.97 Å². The zero-order valence-corrected chi connectivity index (χ0v) is 15.5. The quantitative estimate of drug-likeness (QED) is 0.705. The van der Waals surface area contributed by atoms with Crippen molar-refractivity contribution in [3.8, 4) is 16.9 Å². The van der Waals surface area contributed by atoms with E-state index in [1.165, 1.54) is 6.92 Å². The summed E-state index contributed by atoms with van der Waals surface area (Å²) in [7, 11) is 0. The minimum absolute atomic E-state index is 0.277. The van der Waals surface area contributed by atoms with E-state index in [1.807, 2.05) is 62.4 Å². The second kappa shape index (κ2) is 7.45. The number of hydrogen-bond acceptors (Lipinski definition) is 4. The Morgan fingerprint density at radius 1 is 1.11 bits per heavy atom. The number of aromatic nitrogens is 2. The van der Waals surface area contributed by atoms with Crippen LogP contribution in [0.4, 0.5) is 0 Å². The average molecular weight is 363 g/mol. The largest absolute Gasteiger partial charge is 0.449 e.